The molecule has 2 aromatic heterocycles. The number of benzene rings is 1. The largest absolute Gasteiger partial charge is 0.490 e. The van der Waals surface area contributed by atoms with Gasteiger partial charge in [0.1, 0.15) is 5.82 Å². The van der Waals surface area contributed by atoms with Gasteiger partial charge < -0.3 is 29.6 Å². The molecule has 214 valence electrons. The number of rotatable bonds is 18. The number of anilines is 1. The first-order valence-corrected chi connectivity index (χ1v) is 14.6. The summed E-state index contributed by atoms with van der Waals surface area (Å²) < 4.78 is 24.5. The number of nitrogens with one attached hydrogen (secondary N) is 2. The van der Waals surface area contributed by atoms with Crippen LogP contribution in [-0.2, 0) is 11.3 Å². The number of carbonyl (C=O) groups is 1. The van der Waals surface area contributed by atoms with Gasteiger partial charge in [-0.25, -0.2) is 14.6 Å². The summed E-state index contributed by atoms with van der Waals surface area (Å²) in [6.07, 6.45) is 2.77. The minimum atomic E-state index is -0.247. The number of nitrogens with zero attached hydrogens (tertiary/aromatic N) is 4. The molecule has 0 saturated heterocycles. The lowest BCUT2D eigenvalue weighted by Crippen LogP contribution is -2.27. The van der Waals surface area contributed by atoms with Gasteiger partial charge in [-0.05, 0) is 46.2 Å². The lowest BCUT2D eigenvalue weighted by molar-refractivity contribution is 0.0951. The van der Waals surface area contributed by atoms with Crippen LogP contribution in [0.3, 0.4) is 0 Å². The van der Waals surface area contributed by atoms with Crippen molar-refractivity contribution < 1.29 is 23.7 Å². The molecular formula is C27H40N6O5S. The van der Waals surface area contributed by atoms with Crippen molar-refractivity contribution in [3.63, 3.8) is 0 Å². The number of hydrogen-bond donors (Lipinski definition) is 2. The van der Waals surface area contributed by atoms with E-state index in [1.165, 1.54) is 0 Å². The summed E-state index contributed by atoms with van der Waals surface area (Å²) >= 11 is 1.61. The molecule has 0 fully saturated rings. The van der Waals surface area contributed by atoms with Crippen LogP contribution >= 0.6 is 11.8 Å². The van der Waals surface area contributed by atoms with Crippen molar-refractivity contribution in [2.75, 3.05) is 57.2 Å². The Hall–Kier alpha value is -3.25. The van der Waals surface area contributed by atoms with Crippen molar-refractivity contribution in [3.8, 4) is 17.2 Å². The van der Waals surface area contributed by atoms with Crippen LogP contribution in [0.25, 0.3) is 11.0 Å². The van der Waals surface area contributed by atoms with Gasteiger partial charge in [-0.3, -0.25) is 4.79 Å². The van der Waals surface area contributed by atoms with Gasteiger partial charge in [-0.15, -0.1) is 0 Å². The van der Waals surface area contributed by atoms with Crippen LogP contribution in [0.15, 0.2) is 23.5 Å². The number of hydrogen-bond acceptors (Lipinski definition) is 10. The first-order chi connectivity index (χ1) is 19.1. The van der Waals surface area contributed by atoms with Crippen LogP contribution in [0.5, 0.6) is 17.2 Å². The number of carbonyl (C=O) groups excluding carboxylic acids is 1. The zero-order valence-electron chi connectivity index (χ0n) is 23.5. The van der Waals surface area contributed by atoms with Crippen LogP contribution in [-0.4, -0.2) is 77.5 Å². The molecule has 0 spiro atoms. The Balaban J connectivity index is 1.76. The molecular weight excluding hydrogens is 520 g/mol. The van der Waals surface area contributed by atoms with Crippen LogP contribution in [0, 0.1) is 0 Å². The van der Waals surface area contributed by atoms with E-state index in [4.69, 9.17) is 28.9 Å². The maximum atomic E-state index is 13.1. The highest BCUT2D eigenvalue weighted by atomic mass is 32.2. The van der Waals surface area contributed by atoms with Crippen molar-refractivity contribution >= 4 is 34.5 Å². The molecule has 0 aliphatic rings. The zero-order chi connectivity index (χ0) is 28.0. The highest BCUT2D eigenvalue weighted by Gasteiger charge is 2.19. The minimum Gasteiger partial charge on any atom is -0.490 e. The van der Waals surface area contributed by atoms with Gasteiger partial charge in [0, 0.05) is 31.0 Å². The smallest absolute Gasteiger partial charge is 0.251 e. The molecule has 2 heterocycles. The molecule has 0 aliphatic heterocycles. The van der Waals surface area contributed by atoms with Crippen molar-refractivity contribution in [1.82, 2.24) is 25.1 Å². The number of fused-ring (bicyclic) bond motifs is 1. The van der Waals surface area contributed by atoms with Crippen LogP contribution in [0.4, 0.5) is 5.82 Å². The molecule has 0 saturated carbocycles. The van der Waals surface area contributed by atoms with Gasteiger partial charge in [0.25, 0.3) is 5.91 Å². The second kappa shape index (κ2) is 16.0. The Labute approximate surface area is 234 Å². The van der Waals surface area contributed by atoms with E-state index < -0.39 is 0 Å². The lowest BCUT2D eigenvalue weighted by atomic mass is 10.1. The summed E-state index contributed by atoms with van der Waals surface area (Å²) in [5.74, 6) is 2.86. The van der Waals surface area contributed by atoms with E-state index in [0.29, 0.717) is 80.6 Å². The SMILES string of the molecule is CCCSc1nc(NCCOCC)c2cnn(CCNC(=O)c3cc(OCC)c(OCC)c(OCC)c3)c2n1. The third-order valence-corrected chi connectivity index (χ3v) is 6.49. The third kappa shape index (κ3) is 8.37. The highest BCUT2D eigenvalue weighted by molar-refractivity contribution is 7.99. The number of amides is 1. The molecule has 2 N–H and O–H groups in total. The Bertz CT molecular complexity index is 1180. The Kier molecular flexibility index (Phi) is 12.4. The van der Waals surface area contributed by atoms with Crippen molar-refractivity contribution in [2.45, 2.75) is 52.7 Å². The fraction of sp³-hybridized carbons (Fsp3) is 0.556. The second-order valence-electron chi connectivity index (χ2n) is 8.29. The average Bonchev–Trinajstić information content (AvgIpc) is 3.34. The van der Waals surface area contributed by atoms with Gasteiger partial charge in [0.15, 0.2) is 22.3 Å². The third-order valence-electron chi connectivity index (χ3n) is 5.43. The van der Waals surface area contributed by atoms with Gasteiger partial charge in [-0.2, -0.15) is 5.10 Å². The maximum Gasteiger partial charge on any atom is 0.251 e. The first-order valence-electron chi connectivity index (χ1n) is 13.6. The lowest BCUT2D eigenvalue weighted by Gasteiger charge is -2.17. The monoisotopic (exact) mass is 560 g/mol. The summed E-state index contributed by atoms with van der Waals surface area (Å²) in [5.41, 5.74) is 1.15. The molecule has 39 heavy (non-hydrogen) atoms. The molecule has 0 radical (unpaired) electrons. The predicted molar refractivity (Wildman–Crippen MR) is 154 cm³/mol. The van der Waals surface area contributed by atoms with Gasteiger partial charge in [-0.1, -0.05) is 18.7 Å². The van der Waals surface area contributed by atoms with Crippen LogP contribution < -0.4 is 24.8 Å². The molecule has 0 unspecified atom stereocenters. The van der Waals surface area contributed by atoms with E-state index in [1.807, 2.05) is 27.7 Å². The Morgan fingerprint density at radius 3 is 2.31 bits per heavy atom. The molecule has 0 bridgehead atoms. The molecule has 3 aromatic rings. The molecule has 0 aliphatic carbocycles. The summed E-state index contributed by atoms with van der Waals surface area (Å²) in [5, 5.41) is 12.4. The summed E-state index contributed by atoms with van der Waals surface area (Å²) in [4.78, 5) is 22.5. The van der Waals surface area contributed by atoms with Crippen LogP contribution in [0.1, 0.15) is 51.4 Å². The number of ether oxygens (including phenoxy) is 4. The molecule has 1 aromatic carbocycles. The van der Waals surface area contributed by atoms with E-state index in [1.54, 1.807) is 34.8 Å². The highest BCUT2D eigenvalue weighted by Crippen LogP contribution is 2.39. The summed E-state index contributed by atoms with van der Waals surface area (Å²) in [7, 11) is 0. The van der Waals surface area contributed by atoms with Crippen molar-refractivity contribution in [1.29, 1.82) is 0 Å². The Morgan fingerprint density at radius 1 is 0.949 bits per heavy atom. The van der Waals surface area contributed by atoms with E-state index in [-0.39, 0.29) is 5.91 Å². The maximum absolute atomic E-state index is 13.1. The Morgan fingerprint density at radius 2 is 1.67 bits per heavy atom. The quantitative estimate of drug-likeness (QED) is 0.131. The predicted octanol–water partition coefficient (Wildman–Crippen LogP) is 4.40. The topological polar surface area (TPSA) is 122 Å². The molecule has 1 amide bonds. The molecule has 12 heteroatoms. The standard InChI is InChI=1S/C27H40N6O5S/c1-6-15-39-27-31-24(28-12-14-35-7-2)20-18-30-33(25(20)32-27)13-11-29-26(34)19-16-21(36-8-3)23(38-10-5)22(17-19)37-9-4/h16-18H,6-15H2,1-5H3,(H,29,34)(H,28,31,32). The van der Waals surface area contributed by atoms with Crippen molar-refractivity contribution in [2.24, 2.45) is 0 Å². The van der Waals surface area contributed by atoms with Crippen molar-refractivity contribution in [3.05, 3.63) is 23.9 Å². The summed E-state index contributed by atoms with van der Waals surface area (Å²) in [6, 6.07) is 3.36. The zero-order valence-corrected chi connectivity index (χ0v) is 24.4. The molecule has 3 rings (SSSR count). The van der Waals surface area contributed by atoms with E-state index >= 15 is 0 Å². The van der Waals surface area contributed by atoms with E-state index in [9.17, 15) is 4.79 Å². The minimum absolute atomic E-state index is 0.247. The second-order valence-corrected chi connectivity index (χ2v) is 9.35. The average molecular weight is 561 g/mol. The van der Waals surface area contributed by atoms with Crippen LogP contribution in [0.2, 0.25) is 0 Å². The normalized spacial score (nSPS) is 11.0. The molecule has 0 atom stereocenters. The fourth-order valence-corrected chi connectivity index (χ4v) is 4.47. The van der Waals surface area contributed by atoms with E-state index in [2.05, 4.69) is 22.7 Å². The van der Waals surface area contributed by atoms with E-state index in [0.717, 1.165) is 29.0 Å². The summed E-state index contributed by atoms with van der Waals surface area (Å²) in [6.45, 7) is 13.8. The first kappa shape index (κ1) is 30.3. The van der Waals surface area contributed by atoms with Gasteiger partial charge >= 0.3 is 0 Å². The molecule has 11 nitrogen and oxygen atoms in total. The van der Waals surface area contributed by atoms with Gasteiger partial charge in [0.2, 0.25) is 5.75 Å². The fourth-order valence-electron chi connectivity index (χ4n) is 3.77. The number of aromatic nitrogens is 4. The van der Waals surface area contributed by atoms with Gasteiger partial charge in [0.05, 0.1) is 44.6 Å². The number of thioether (sulfide) groups is 1.